The van der Waals surface area contributed by atoms with Crippen LogP contribution < -0.4 is 5.32 Å². The molecule has 0 amide bonds. The van der Waals surface area contributed by atoms with Gasteiger partial charge in [0.1, 0.15) is 0 Å². The molecule has 1 aliphatic rings. The molecule has 3 heteroatoms. The minimum Gasteiger partial charge on any atom is -0.323 e. The predicted molar refractivity (Wildman–Crippen MR) is 66.6 cm³/mol. The fourth-order valence-corrected chi connectivity index (χ4v) is 0.955. The molecule has 1 rings (SSSR count). The molecule has 0 spiro atoms. The van der Waals surface area contributed by atoms with Gasteiger partial charge in [-0.2, -0.15) is 0 Å². The summed E-state index contributed by atoms with van der Waals surface area (Å²) in [5.41, 5.74) is 0. The van der Waals surface area contributed by atoms with Crippen molar-refractivity contribution in [3.05, 3.63) is 22.7 Å². The van der Waals surface area contributed by atoms with Crippen LogP contribution >= 0.6 is 15.9 Å². The highest BCUT2D eigenvalue weighted by atomic mass is 79.9. The normalized spacial score (nSPS) is 13.5. The van der Waals surface area contributed by atoms with Crippen molar-refractivity contribution >= 4 is 15.9 Å². The van der Waals surface area contributed by atoms with E-state index in [0.717, 1.165) is 0 Å². The summed E-state index contributed by atoms with van der Waals surface area (Å²) in [6, 6.07) is 0. The van der Waals surface area contributed by atoms with Gasteiger partial charge in [0.2, 0.25) is 0 Å². The molecule has 14 heavy (non-hydrogen) atoms. The van der Waals surface area contributed by atoms with Crippen LogP contribution in [0.1, 0.15) is 26.7 Å². The lowest BCUT2D eigenvalue weighted by atomic mass is 10.2. The first-order valence-electron chi connectivity index (χ1n) is 4.78. The van der Waals surface area contributed by atoms with Crippen LogP contribution in [0.5, 0.6) is 0 Å². The third-order valence-corrected chi connectivity index (χ3v) is 1.62. The molecule has 0 saturated heterocycles. The standard InChI is InChI=1S/C6H7Br.C3H7F.C2H7N/c7-6-4-2-1-3-5-6;1-3(2)4;1-3-2/h1-2,4H,3,5H2;3H,1-2H3;3H,1-2H3. The number of nitrogens with one attached hydrogen (secondary N) is 1. The van der Waals surface area contributed by atoms with Crippen LogP contribution in [0.2, 0.25) is 0 Å². The predicted octanol–water partition coefficient (Wildman–Crippen LogP) is 3.82. The minimum absolute atomic E-state index is 0.667. The Morgan fingerprint density at radius 1 is 1.43 bits per heavy atom. The number of alkyl halides is 1. The quantitative estimate of drug-likeness (QED) is 0.703. The van der Waals surface area contributed by atoms with E-state index in [-0.39, 0.29) is 0 Å². The van der Waals surface area contributed by atoms with E-state index in [1.807, 2.05) is 14.1 Å². The van der Waals surface area contributed by atoms with Crippen molar-refractivity contribution in [1.29, 1.82) is 0 Å². The molecule has 0 fully saturated rings. The lowest BCUT2D eigenvalue weighted by molar-refractivity contribution is 0.391. The molecule has 0 unspecified atom stereocenters. The molecule has 0 heterocycles. The first-order valence-corrected chi connectivity index (χ1v) is 5.57. The van der Waals surface area contributed by atoms with E-state index in [2.05, 4.69) is 39.5 Å². The number of allylic oxidation sites excluding steroid dienone is 4. The molecule has 0 radical (unpaired) electrons. The highest BCUT2D eigenvalue weighted by molar-refractivity contribution is 9.11. The van der Waals surface area contributed by atoms with Crippen LogP contribution in [0.4, 0.5) is 4.39 Å². The summed E-state index contributed by atoms with van der Waals surface area (Å²) in [5.74, 6) is 0. The molecular weight excluding hydrogens is 245 g/mol. The molecule has 0 atom stereocenters. The lowest BCUT2D eigenvalue weighted by Crippen LogP contribution is -1.89. The molecule has 0 bridgehead atoms. The Hall–Kier alpha value is -0.150. The van der Waals surface area contributed by atoms with Gasteiger partial charge in [-0.05, 0) is 45.3 Å². The maximum absolute atomic E-state index is 11.0. The van der Waals surface area contributed by atoms with Crippen molar-refractivity contribution in [2.75, 3.05) is 14.1 Å². The van der Waals surface area contributed by atoms with Gasteiger partial charge in [-0.1, -0.05) is 34.2 Å². The Kier molecular flexibility index (Phi) is 14.9. The highest BCUT2D eigenvalue weighted by Crippen LogP contribution is 2.16. The zero-order valence-electron chi connectivity index (χ0n) is 9.48. The molecule has 0 aliphatic heterocycles. The average molecular weight is 266 g/mol. The van der Waals surface area contributed by atoms with E-state index in [1.54, 1.807) is 0 Å². The SMILES string of the molecule is BrC1=CC=CCC1.CC(C)F.CNC. The molecule has 0 aromatic heterocycles. The molecular formula is C11H21BrFN. The van der Waals surface area contributed by atoms with Gasteiger partial charge in [-0.3, -0.25) is 0 Å². The van der Waals surface area contributed by atoms with Crippen molar-refractivity contribution < 1.29 is 4.39 Å². The summed E-state index contributed by atoms with van der Waals surface area (Å²) < 4.78 is 12.3. The number of halogens is 2. The summed E-state index contributed by atoms with van der Waals surface area (Å²) in [6.45, 7) is 3.00. The van der Waals surface area contributed by atoms with Gasteiger partial charge in [0.15, 0.2) is 0 Å². The largest absolute Gasteiger partial charge is 0.323 e. The minimum atomic E-state index is -0.667. The monoisotopic (exact) mass is 265 g/mol. The Morgan fingerprint density at radius 2 is 1.86 bits per heavy atom. The summed E-state index contributed by atoms with van der Waals surface area (Å²) in [5, 5.41) is 2.75. The Labute approximate surface area is 95.6 Å². The second-order valence-electron chi connectivity index (χ2n) is 3.09. The van der Waals surface area contributed by atoms with Crippen molar-refractivity contribution in [3.8, 4) is 0 Å². The lowest BCUT2D eigenvalue weighted by Gasteiger charge is -1.96. The number of hydrogen-bond acceptors (Lipinski definition) is 1. The van der Waals surface area contributed by atoms with E-state index in [9.17, 15) is 4.39 Å². The highest BCUT2D eigenvalue weighted by Gasteiger charge is 1.90. The van der Waals surface area contributed by atoms with Gasteiger partial charge >= 0.3 is 0 Å². The van der Waals surface area contributed by atoms with E-state index in [4.69, 9.17) is 0 Å². The van der Waals surface area contributed by atoms with Crippen molar-refractivity contribution in [1.82, 2.24) is 5.32 Å². The second-order valence-corrected chi connectivity index (χ2v) is 4.11. The second kappa shape index (κ2) is 12.8. The van der Waals surface area contributed by atoms with Crippen LogP contribution in [0.3, 0.4) is 0 Å². The van der Waals surface area contributed by atoms with Gasteiger partial charge in [0.05, 0.1) is 6.17 Å². The zero-order valence-corrected chi connectivity index (χ0v) is 11.1. The number of rotatable bonds is 0. The van der Waals surface area contributed by atoms with Gasteiger partial charge in [0.25, 0.3) is 0 Å². The van der Waals surface area contributed by atoms with Gasteiger partial charge < -0.3 is 5.32 Å². The van der Waals surface area contributed by atoms with Gasteiger partial charge in [-0.25, -0.2) is 4.39 Å². The molecule has 0 saturated carbocycles. The van der Waals surface area contributed by atoms with E-state index in [0.29, 0.717) is 0 Å². The third-order valence-electron chi connectivity index (χ3n) is 0.963. The first kappa shape index (κ1) is 16.3. The molecule has 84 valence electrons. The summed E-state index contributed by atoms with van der Waals surface area (Å²) >= 11 is 3.40. The van der Waals surface area contributed by atoms with Gasteiger partial charge in [0, 0.05) is 0 Å². The van der Waals surface area contributed by atoms with Crippen molar-refractivity contribution in [3.63, 3.8) is 0 Å². The fourth-order valence-electron chi connectivity index (χ4n) is 0.573. The Bertz CT molecular complexity index is 162. The van der Waals surface area contributed by atoms with Crippen LogP contribution in [0.15, 0.2) is 22.7 Å². The van der Waals surface area contributed by atoms with Crippen molar-refractivity contribution in [2.24, 2.45) is 0 Å². The average Bonchev–Trinajstić information content (AvgIpc) is 2.05. The van der Waals surface area contributed by atoms with Crippen LogP contribution in [0.25, 0.3) is 0 Å². The maximum atomic E-state index is 11.0. The summed E-state index contributed by atoms with van der Waals surface area (Å²) in [7, 11) is 3.75. The van der Waals surface area contributed by atoms with E-state index >= 15 is 0 Å². The van der Waals surface area contributed by atoms with E-state index in [1.165, 1.54) is 31.2 Å². The Morgan fingerprint density at radius 3 is 2.00 bits per heavy atom. The summed E-state index contributed by atoms with van der Waals surface area (Å²) in [4.78, 5) is 0. The number of hydrogen-bond donors (Lipinski definition) is 1. The van der Waals surface area contributed by atoms with Crippen LogP contribution in [0, 0.1) is 0 Å². The first-order chi connectivity index (χ1) is 6.54. The summed E-state index contributed by atoms with van der Waals surface area (Å²) in [6.07, 6.45) is 8.04. The fraction of sp³-hybridized carbons (Fsp3) is 0.636. The van der Waals surface area contributed by atoms with Crippen LogP contribution in [-0.4, -0.2) is 20.3 Å². The molecule has 0 aromatic carbocycles. The molecule has 0 aromatic rings. The molecule has 1 N–H and O–H groups in total. The maximum Gasteiger partial charge on any atom is 0.0945 e. The van der Waals surface area contributed by atoms with E-state index < -0.39 is 6.17 Å². The molecule has 1 nitrogen and oxygen atoms in total. The third kappa shape index (κ3) is 22.6. The topological polar surface area (TPSA) is 12.0 Å². The zero-order chi connectivity index (χ0) is 11.4. The Balaban J connectivity index is 0. The smallest absolute Gasteiger partial charge is 0.0945 e. The van der Waals surface area contributed by atoms with Crippen LogP contribution in [-0.2, 0) is 0 Å². The van der Waals surface area contributed by atoms with Gasteiger partial charge in [-0.15, -0.1) is 0 Å². The molecule has 1 aliphatic carbocycles. The van der Waals surface area contributed by atoms with Crippen molar-refractivity contribution in [2.45, 2.75) is 32.9 Å².